The van der Waals surface area contributed by atoms with E-state index in [1.807, 2.05) is 5.01 Å². The molecule has 0 bridgehead atoms. The molecule has 2 heterocycles. The van der Waals surface area contributed by atoms with E-state index in [4.69, 9.17) is 0 Å². The number of carbonyl (C=O) groups excluding carboxylic acids is 1. The van der Waals surface area contributed by atoms with Crippen molar-refractivity contribution in [1.82, 2.24) is 20.4 Å². The molecule has 1 saturated heterocycles. The summed E-state index contributed by atoms with van der Waals surface area (Å²) >= 11 is 0.918. The third kappa shape index (κ3) is 5.45. The highest BCUT2D eigenvalue weighted by Gasteiger charge is 2.34. The molecule has 1 atom stereocenters. The molecule has 1 aliphatic rings. The van der Waals surface area contributed by atoms with Crippen LogP contribution < -0.4 is 5.43 Å². The van der Waals surface area contributed by atoms with Crippen LogP contribution in [-0.2, 0) is 11.0 Å². The number of halogens is 3. The average Bonchev–Trinajstić information content (AvgIpc) is 2.68. The zero-order chi connectivity index (χ0) is 20.1. The number of carbonyl (C=O) groups is 1. The van der Waals surface area contributed by atoms with Crippen molar-refractivity contribution in [3.63, 3.8) is 0 Å². The molecule has 1 aromatic carbocycles. The summed E-state index contributed by atoms with van der Waals surface area (Å²) in [5.41, 5.74) is 2.54. The maximum Gasteiger partial charge on any atom is 0.433 e. The number of nitrogens with zero attached hydrogens (tertiary/aromatic N) is 3. The van der Waals surface area contributed by atoms with Gasteiger partial charge in [0.25, 0.3) is 0 Å². The highest BCUT2D eigenvalue weighted by molar-refractivity contribution is 8.00. The van der Waals surface area contributed by atoms with Gasteiger partial charge in [0.1, 0.15) is 5.69 Å². The predicted molar refractivity (Wildman–Crippen MR) is 101 cm³/mol. The van der Waals surface area contributed by atoms with Gasteiger partial charge in [-0.2, -0.15) is 13.2 Å². The maximum absolute atomic E-state index is 13.3. The van der Waals surface area contributed by atoms with E-state index < -0.39 is 17.1 Å². The van der Waals surface area contributed by atoms with E-state index in [1.54, 1.807) is 37.3 Å². The Kier molecular flexibility index (Phi) is 6.56. The first-order valence-corrected chi connectivity index (χ1v) is 9.95. The molecule has 1 fully saturated rings. The second kappa shape index (κ2) is 8.91. The summed E-state index contributed by atoms with van der Waals surface area (Å²) in [7, 11) is 0. The number of thioether (sulfide) groups is 1. The fraction of sp³-hybridized carbons (Fsp3) is 0.421. The van der Waals surface area contributed by atoms with Gasteiger partial charge in [-0.1, -0.05) is 48.5 Å². The summed E-state index contributed by atoms with van der Waals surface area (Å²) in [5, 5.41) is 1.15. The highest BCUT2D eigenvalue weighted by atomic mass is 32.2. The molecular weight excluding hydrogens is 389 g/mol. The first-order valence-electron chi connectivity index (χ1n) is 9.07. The monoisotopic (exact) mass is 410 g/mol. The Balaban J connectivity index is 1.79. The molecule has 9 heteroatoms. The van der Waals surface area contributed by atoms with Crippen LogP contribution in [-0.4, -0.2) is 39.2 Å². The van der Waals surface area contributed by atoms with E-state index in [0.29, 0.717) is 5.56 Å². The number of rotatable bonds is 5. The van der Waals surface area contributed by atoms with E-state index >= 15 is 0 Å². The molecule has 150 valence electrons. The molecule has 0 radical (unpaired) electrons. The molecule has 2 aromatic rings. The molecule has 28 heavy (non-hydrogen) atoms. The molecular formula is C19H21F3N4OS. The molecule has 1 aromatic heterocycles. The Morgan fingerprint density at radius 2 is 1.82 bits per heavy atom. The van der Waals surface area contributed by atoms with Gasteiger partial charge < -0.3 is 0 Å². The summed E-state index contributed by atoms with van der Waals surface area (Å²) in [4.78, 5) is 20.3. The van der Waals surface area contributed by atoms with Crippen molar-refractivity contribution in [2.24, 2.45) is 0 Å². The second-order valence-corrected chi connectivity index (χ2v) is 7.88. The van der Waals surface area contributed by atoms with Crippen LogP contribution in [0, 0.1) is 0 Å². The predicted octanol–water partition coefficient (Wildman–Crippen LogP) is 4.16. The van der Waals surface area contributed by atoms with Crippen molar-refractivity contribution in [2.75, 3.05) is 13.1 Å². The van der Waals surface area contributed by atoms with Gasteiger partial charge in [0, 0.05) is 18.7 Å². The molecule has 0 unspecified atom stereocenters. The molecule has 5 nitrogen and oxygen atoms in total. The largest absolute Gasteiger partial charge is 0.433 e. The highest BCUT2D eigenvalue weighted by Crippen LogP contribution is 2.32. The smallest absolute Gasteiger partial charge is 0.288 e. The molecule has 3 rings (SSSR count). The van der Waals surface area contributed by atoms with Crippen molar-refractivity contribution in [2.45, 2.75) is 42.8 Å². The third-order valence-electron chi connectivity index (χ3n) is 4.34. The standard InChI is InChI=1S/C19H21F3N4OS/c1-13(17(27)25-26-10-6-3-7-11-26)28-18-23-15(14-8-4-2-5-9-14)12-16(24-18)19(20,21)22/h2,4-5,8-9,12-13H,3,6-7,10-11H2,1H3,(H,25,27)/t13-/m0/s1. The van der Waals surface area contributed by atoms with Crippen LogP contribution in [0.4, 0.5) is 13.2 Å². The minimum atomic E-state index is -4.60. The number of nitrogens with one attached hydrogen (secondary N) is 1. The average molecular weight is 410 g/mol. The van der Waals surface area contributed by atoms with Crippen molar-refractivity contribution in [3.8, 4) is 11.3 Å². The van der Waals surface area contributed by atoms with Gasteiger partial charge in [0.15, 0.2) is 5.16 Å². The Morgan fingerprint density at radius 3 is 2.46 bits per heavy atom. The molecule has 0 spiro atoms. The zero-order valence-electron chi connectivity index (χ0n) is 15.4. The van der Waals surface area contributed by atoms with Gasteiger partial charge >= 0.3 is 6.18 Å². The van der Waals surface area contributed by atoms with Gasteiger partial charge in [-0.15, -0.1) is 0 Å². The first-order chi connectivity index (χ1) is 13.3. The topological polar surface area (TPSA) is 58.1 Å². The zero-order valence-corrected chi connectivity index (χ0v) is 16.2. The number of hydrogen-bond donors (Lipinski definition) is 1. The minimum Gasteiger partial charge on any atom is -0.288 e. The van der Waals surface area contributed by atoms with E-state index in [9.17, 15) is 18.0 Å². The van der Waals surface area contributed by atoms with Crippen LogP contribution in [0.15, 0.2) is 41.6 Å². The van der Waals surface area contributed by atoms with Crippen LogP contribution in [0.1, 0.15) is 31.9 Å². The number of hydrazine groups is 1. The Bertz CT molecular complexity index is 811. The fourth-order valence-electron chi connectivity index (χ4n) is 2.84. The molecule has 1 N–H and O–H groups in total. The number of aromatic nitrogens is 2. The van der Waals surface area contributed by atoms with Crippen LogP contribution in [0.2, 0.25) is 0 Å². The van der Waals surface area contributed by atoms with Gasteiger partial charge in [-0.3, -0.25) is 10.2 Å². The van der Waals surface area contributed by atoms with E-state index in [1.165, 1.54) is 0 Å². The Hall–Kier alpha value is -2.13. The van der Waals surface area contributed by atoms with Crippen molar-refractivity contribution >= 4 is 17.7 Å². The van der Waals surface area contributed by atoms with Gasteiger partial charge in [0.05, 0.1) is 10.9 Å². The quantitative estimate of drug-likeness (QED) is 0.593. The number of piperidine rings is 1. The molecule has 1 aliphatic heterocycles. The van der Waals surface area contributed by atoms with E-state index in [-0.39, 0.29) is 16.8 Å². The van der Waals surface area contributed by atoms with Gasteiger partial charge in [-0.25, -0.2) is 15.0 Å². The maximum atomic E-state index is 13.3. The normalized spacial score (nSPS) is 16.6. The fourth-order valence-corrected chi connectivity index (χ4v) is 3.62. The van der Waals surface area contributed by atoms with Gasteiger partial charge in [0.2, 0.25) is 5.91 Å². The SMILES string of the molecule is C[C@H](Sc1nc(-c2ccccc2)cc(C(F)(F)F)n1)C(=O)NN1CCCCC1. The van der Waals surface area contributed by atoms with Crippen molar-refractivity contribution < 1.29 is 18.0 Å². The van der Waals surface area contributed by atoms with Crippen molar-refractivity contribution in [1.29, 1.82) is 0 Å². The van der Waals surface area contributed by atoms with Crippen molar-refractivity contribution in [3.05, 3.63) is 42.1 Å². The molecule has 0 saturated carbocycles. The van der Waals surface area contributed by atoms with Crippen LogP contribution in [0.3, 0.4) is 0 Å². The second-order valence-electron chi connectivity index (χ2n) is 6.57. The van der Waals surface area contributed by atoms with E-state index in [2.05, 4.69) is 15.4 Å². The first kappa shape index (κ1) is 20.6. The summed E-state index contributed by atoms with van der Waals surface area (Å²) in [5.74, 6) is -0.269. The third-order valence-corrected chi connectivity index (χ3v) is 5.30. The van der Waals surface area contributed by atoms with Crippen LogP contribution in [0.25, 0.3) is 11.3 Å². The lowest BCUT2D eigenvalue weighted by Crippen LogP contribution is -2.47. The molecule has 0 aliphatic carbocycles. The Labute approximate surface area is 165 Å². The number of benzene rings is 1. The lowest BCUT2D eigenvalue weighted by Gasteiger charge is -2.27. The summed E-state index contributed by atoms with van der Waals surface area (Å²) in [6.45, 7) is 3.19. The lowest BCUT2D eigenvalue weighted by atomic mass is 10.1. The van der Waals surface area contributed by atoms with Crippen LogP contribution in [0.5, 0.6) is 0 Å². The Morgan fingerprint density at radius 1 is 1.14 bits per heavy atom. The summed E-state index contributed by atoms with van der Waals surface area (Å²) in [6.07, 6.45) is -1.43. The van der Waals surface area contributed by atoms with Gasteiger partial charge in [-0.05, 0) is 25.8 Å². The van der Waals surface area contributed by atoms with E-state index in [0.717, 1.165) is 50.2 Å². The number of alkyl halides is 3. The lowest BCUT2D eigenvalue weighted by molar-refractivity contribution is -0.141. The summed E-state index contributed by atoms with van der Waals surface area (Å²) < 4.78 is 39.8. The summed E-state index contributed by atoms with van der Waals surface area (Å²) in [6, 6.07) is 9.53. The number of hydrogen-bond acceptors (Lipinski definition) is 5. The minimum absolute atomic E-state index is 0.0741. The molecule has 1 amide bonds. The number of amides is 1. The van der Waals surface area contributed by atoms with Crippen LogP contribution >= 0.6 is 11.8 Å².